The van der Waals surface area contributed by atoms with Gasteiger partial charge < -0.3 is 4.57 Å². The molecular formula is C15H18N2. The summed E-state index contributed by atoms with van der Waals surface area (Å²) in [7, 11) is 0. The lowest BCUT2D eigenvalue weighted by Crippen LogP contribution is -2.13. The quantitative estimate of drug-likeness (QED) is 0.769. The highest BCUT2D eigenvalue weighted by molar-refractivity contribution is 5.29. The molecule has 0 saturated carbocycles. The number of rotatable bonds is 2. The molecule has 0 fully saturated rings. The topological polar surface area (TPSA) is 17.8 Å². The van der Waals surface area contributed by atoms with Crippen LogP contribution in [0.1, 0.15) is 35.5 Å². The zero-order chi connectivity index (χ0) is 11.7. The smallest absolute Gasteiger partial charge is 0.113 e. The highest BCUT2D eigenvalue weighted by Gasteiger charge is 2.14. The highest BCUT2D eigenvalue weighted by atomic mass is 15.1. The molecule has 2 heteroatoms. The predicted molar refractivity (Wildman–Crippen MR) is 69.2 cm³/mol. The van der Waals surface area contributed by atoms with Crippen molar-refractivity contribution in [3.63, 3.8) is 0 Å². The molecule has 3 rings (SSSR count). The van der Waals surface area contributed by atoms with Crippen LogP contribution in [-0.4, -0.2) is 9.55 Å². The fourth-order valence-corrected chi connectivity index (χ4v) is 2.62. The monoisotopic (exact) mass is 226 g/mol. The number of benzene rings is 1. The lowest BCUT2D eigenvalue weighted by Gasteiger charge is -2.16. The van der Waals surface area contributed by atoms with Gasteiger partial charge in [-0.25, -0.2) is 4.98 Å². The second kappa shape index (κ2) is 4.36. The van der Waals surface area contributed by atoms with Crippen LogP contribution < -0.4 is 0 Å². The predicted octanol–water partition coefficient (Wildman–Crippen LogP) is 3.12. The van der Waals surface area contributed by atoms with Crippen LogP contribution in [0.25, 0.3) is 0 Å². The number of imidazole rings is 1. The fourth-order valence-electron chi connectivity index (χ4n) is 2.62. The van der Waals surface area contributed by atoms with Gasteiger partial charge in [-0.15, -0.1) is 0 Å². The van der Waals surface area contributed by atoms with Crippen molar-refractivity contribution in [3.8, 4) is 0 Å². The summed E-state index contributed by atoms with van der Waals surface area (Å²) in [5, 5.41) is 0. The number of nitrogens with zero attached hydrogens (tertiary/aromatic N) is 2. The minimum absolute atomic E-state index is 0.965. The van der Waals surface area contributed by atoms with Gasteiger partial charge in [0, 0.05) is 24.9 Å². The van der Waals surface area contributed by atoms with Gasteiger partial charge in [0.25, 0.3) is 0 Å². The van der Waals surface area contributed by atoms with Crippen LogP contribution in [0.15, 0.2) is 30.5 Å². The maximum atomic E-state index is 4.60. The van der Waals surface area contributed by atoms with Crippen LogP contribution in [0.3, 0.4) is 0 Å². The second-order valence-electron chi connectivity index (χ2n) is 4.88. The highest BCUT2D eigenvalue weighted by Crippen LogP contribution is 2.19. The molecule has 2 heterocycles. The molecule has 1 aliphatic heterocycles. The molecule has 0 unspecified atom stereocenters. The van der Waals surface area contributed by atoms with Gasteiger partial charge in [-0.05, 0) is 37.3 Å². The van der Waals surface area contributed by atoms with E-state index in [1.807, 2.05) is 0 Å². The van der Waals surface area contributed by atoms with E-state index in [9.17, 15) is 0 Å². The Kier molecular flexibility index (Phi) is 2.71. The second-order valence-corrected chi connectivity index (χ2v) is 4.88. The first-order chi connectivity index (χ1) is 8.34. The lowest BCUT2D eigenvalue weighted by atomic mass is 10.1. The Morgan fingerprint density at radius 2 is 2.12 bits per heavy atom. The molecule has 1 aromatic heterocycles. The lowest BCUT2D eigenvalue weighted by molar-refractivity contribution is 0.518. The number of aryl methyl sites for hydroxylation is 2. The van der Waals surface area contributed by atoms with E-state index >= 15 is 0 Å². The van der Waals surface area contributed by atoms with E-state index in [0.717, 1.165) is 13.0 Å². The van der Waals surface area contributed by atoms with Crippen molar-refractivity contribution in [2.24, 2.45) is 0 Å². The van der Waals surface area contributed by atoms with Crippen LogP contribution in [0.2, 0.25) is 0 Å². The normalized spacial score (nSPS) is 14.6. The van der Waals surface area contributed by atoms with E-state index in [1.54, 1.807) is 0 Å². The first-order valence-electron chi connectivity index (χ1n) is 6.42. The van der Waals surface area contributed by atoms with E-state index in [0.29, 0.717) is 0 Å². The maximum Gasteiger partial charge on any atom is 0.113 e. The third kappa shape index (κ3) is 1.99. The zero-order valence-corrected chi connectivity index (χ0v) is 10.3. The van der Waals surface area contributed by atoms with Gasteiger partial charge in [0.05, 0.1) is 0 Å². The molecule has 0 amide bonds. The maximum absolute atomic E-state index is 4.60. The van der Waals surface area contributed by atoms with E-state index in [4.69, 9.17) is 0 Å². The molecule has 2 aromatic rings. The summed E-state index contributed by atoms with van der Waals surface area (Å²) in [6.07, 6.45) is 6.83. The third-order valence-electron chi connectivity index (χ3n) is 3.70. The Morgan fingerprint density at radius 1 is 1.24 bits per heavy atom. The summed E-state index contributed by atoms with van der Waals surface area (Å²) in [4.78, 5) is 4.60. The number of hydrogen-bond donors (Lipinski definition) is 0. The molecule has 1 aliphatic rings. The number of fused-ring (bicyclic) bond motifs is 1. The summed E-state index contributed by atoms with van der Waals surface area (Å²) in [6.45, 7) is 3.33. The summed E-state index contributed by atoms with van der Waals surface area (Å²) in [6, 6.07) is 8.59. The minimum Gasteiger partial charge on any atom is -0.332 e. The third-order valence-corrected chi connectivity index (χ3v) is 3.70. The van der Waals surface area contributed by atoms with E-state index in [2.05, 4.69) is 46.9 Å². The molecule has 1 aromatic carbocycles. The van der Waals surface area contributed by atoms with Crippen molar-refractivity contribution < 1.29 is 0 Å². The molecule has 0 aliphatic carbocycles. The van der Waals surface area contributed by atoms with E-state index in [1.165, 1.54) is 41.9 Å². The molecule has 0 spiro atoms. The summed E-state index contributed by atoms with van der Waals surface area (Å²) in [5.74, 6) is 1.23. The molecular weight excluding hydrogens is 208 g/mol. The van der Waals surface area contributed by atoms with Crippen LogP contribution in [-0.2, 0) is 19.4 Å². The van der Waals surface area contributed by atoms with Gasteiger partial charge in [-0.3, -0.25) is 0 Å². The van der Waals surface area contributed by atoms with Crippen LogP contribution in [0.4, 0.5) is 0 Å². The molecule has 0 bridgehead atoms. The minimum atomic E-state index is 0.965. The average Bonchev–Trinajstić information content (AvgIpc) is 2.76. The number of hydrogen-bond acceptors (Lipinski definition) is 1. The molecule has 0 saturated heterocycles. The van der Waals surface area contributed by atoms with Crippen molar-refractivity contribution in [1.29, 1.82) is 0 Å². The van der Waals surface area contributed by atoms with Crippen molar-refractivity contribution in [2.75, 3.05) is 0 Å². The first kappa shape index (κ1) is 10.6. The molecule has 0 atom stereocenters. The molecule has 0 N–H and O–H groups in total. The summed E-state index contributed by atoms with van der Waals surface area (Å²) < 4.78 is 2.41. The SMILES string of the molecule is Cc1ccccc1Cc1ncc2n1CCCC2. The number of aromatic nitrogens is 2. The Balaban J connectivity index is 1.91. The molecule has 0 radical (unpaired) electrons. The Labute approximate surface area is 102 Å². The van der Waals surface area contributed by atoms with Crippen molar-refractivity contribution in [2.45, 2.75) is 39.2 Å². The summed E-state index contributed by atoms with van der Waals surface area (Å²) in [5.41, 5.74) is 4.17. The van der Waals surface area contributed by atoms with Crippen molar-refractivity contribution >= 4 is 0 Å². The fraction of sp³-hybridized carbons (Fsp3) is 0.400. The van der Waals surface area contributed by atoms with Gasteiger partial charge in [0.15, 0.2) is 0 Å². The molecule has 88 valence electrons. The zero-order valence-electron chi connectivity index (χ0n) is 10.3. The molecule has 2 nitrogen and oxygen atoms in total. The van der Waals surface area contributed by atoms with Gasteiger partial charge in [-0.2, -0.15) is 0 Å². The largest absolute Gasteiger partial charge is 0.332 e. The van der Waals surface area contributed by atoms with Crippen LogP contribution in [0.5, 0.6) is 0 Å². The molecule has 17 heavy (non-hydrogen) atoms. The Morgan fingerprint density at radius 3 is 3.00 bits per heavy atom. The van der Waals surface area contributed by atoms with Crippen molar-refractivity contribution in [3.05, 3.63) is 53.1 Å². The Bertz CT molecular complexity index is 525. The standard InChI is InChI=1S/C15H18N2/c1-12-6-2-3-7-13(12)10-15-16-11-14-8-4-5-9-17(14)15/h2-3,6-7,11H,4-5,8-10H2,1H3. The van der Waals surface area contributed by atoms with Gasteiger partial charge in [0.1, 0.15) is 5.82 Å². The van der Waals surface area contributed by atoms with Gasteiger partial charge in [-0.1, -0.05) is 24.3 Å². The van der Waals surface area contributed by atoms with Crippen molar-refractivity contribution in [1.82, 2.24) is 9.55 Å². The Hall–Kier alpha value is -1.57. The van der Waals surface area contributed by atoms with E-state index < -0.39 is 0 Å². The van der Waals surface area contributed by atoms with Crippen LogP contribution >= 0.6 is 0 Å². The van der Waals surface area contributed by atoms with Gasteiger partial charge >= 0.3 is 0 Å². The van der Waals surface area contributed by atoms with Gasteiger partial charge in [0.2, 0.25) is 0 Å². The first-order valence-corrected chi connectivity index (χ1v) is 6.42. The summed E-state index contributed by atoms with van der Waals surface area (Å²) >= 11 is 0. The van der Waals surface area contributed by atoms with E-state index in [-0.39, 0.29) is 0 Å². The van der Waals surface area contributed by atoms with Crippen LogP contribution in [0, 0.1) is 6.92 Å². The average molecular weight is 226 g/mol.